The molecule has 0 bridgehead atoms. The van der Waals surface area contributed by atoms with Crippen molar-refractivity contribution in [1.82, 2.24) is 0 Å². The molecule has 0 fully saturated rings. The molecule has 1 nitrogen and oxygen atoms in total. The molecule has 2 N–H and O–H groups in total. The highest BCUT2D eigenvalue weighted by molar-refractivity contribution is 5.22. The van der Waals surface area contributed by atoms with E-state index >= 15 is 0 Å². The zero-order valence-corrected chi connectivity index (χ0v) is 9.43. The summed E-state index contributed by atoms with van der Waals surface area (Å²) in [5.41, 5.74) is 3.33. The molecule has 16 heavy (non-hydrogen) atoms. The first-order valence-electron chi connectivity index (χ1n) is 5.22. The molecule has 1 atom stereocenters. The third-order valence-electron chi connectivity index (χ3n) is 2.91. The Balaban J connectivity index is 3.03. The maximum absolute atomic E-state index is 14.2. The van der Waals surface area contributed by atoms with E-state index in [0.29, 0.717) is 0 Å². The van der Waals surface area contributed by atoms with Crippen molar-refractivity contribution in [2.75, 3.05) is 6.54 Å². The van der Waals surface area contributed by atoms with Crippen LogP contribution in [0.3, 0.4) is 0 Å². The summed E-state index contributed by atoms with van der Waals surface area (Å²) in [6, 6.07) is 3.50. The second kappa shape index (κ2) is 4.87. The van der Waals surface area contributed by atoms with E-state index in [4.69, 9.17) is 5.73 Å². The normalized spacial score (nSPS) is 15.2. The van der Waals surface area contributed by atoms with Crippen LogP contribution in [0.4, 0.5) is 13.2 Å². The summed E-state index contributed by atoms with van der Waals surface area (Å²) < 4.78 is 40.9. The molecule has 1 aromatic carbocycles. The summed E-state index contributed by atoms with van der Waals surface area (Å²) in [6.07, 6.45) is -0.334. The Morgan fingerprint density at radius 3 is 2.12 bits per heavy atom. The predicted molar refractivity (Wildman–Crippen MR) is 57.8 cm³/mol. The molecule has 0 aromatic heterocycles. The van der Waals surface area contributed by atoms with Crippen LogP contribution >= 0.6 is 0 Å². The zero-order chi connectivity index (χ0) is 12.3. The molecule has 1 unspecified atom stereocenters. The lowest BCUT2D eigenvalue weighted by atomic mass is 9.86. The monoisotopic (exact) mass is 231 g/mol. The largest absolute Gasteiger partial charge is 0.328 e. The molecule has 0 heterocycles. The van der Waals surface area contributed by atoms with Crippen LogP contribution in [0.25, 0.3) is 0 Å². The minimum Gasteiger partial charge on any atom is -0.328 e. The fourth-order valence-corrected chi connectivity index (χ4v) is 1.51. The summed E-state index contributed by atoms with van der Waals surface area (Å²) in [5.74, 6) is -1.84. The first-order valence-corrected chi connectivity index (χ1v) is 5.22. The minimum absolute atomic E-state index is 0.232. The van der Waals surface area contributed by atoms with Crippen molar-refractivity contribution in [2.24, 2.45) is 11.7 Å². The van der Waals surface area contributed by atoms with Gasteiger partial charge in [0, 0.05) is 18.5 Å². The molecular weight excluding hydrogens is 215 g/mol. The highest BCUT2D eigenvalue weighted by atomic mass is 19.1. The Morgan fingerprint density at radius 1 is 1.25 bits per heavy atom. The summed E-state index contributed by atoms with van der Waals surface area (Å²) >= 11 is 0. The van der Waals surface area contributed by atoms with Crippen molar-refractivity contribution < 1.29 is 13.2 Å². The third kappa shape index (κ3) is 2.55. The third-order valence-corrected chi connectivity index (χ3v) is 2.91. The van der Waals surface area contributed by atoms with Crippen LogP contribution in [0.5, 0.6) is 0 Å². The molecule has 0 aliphatic carbocycles. The highest BCUT2D eigenvalue weighted by Gasteiger charge is 2.34. The number of alkyl halides is 1. The number of nitrogens with two attached hydrogens (primary N) is 1. The first kappa shape index (κ1) is 13.0. The summed E-state index contributed by atoms with van der Waals surface area (Å²) in [5, 5.41) is 0. The second-order valence-electron chi connectivity index (χ2n) is 4.27. The van der Waals surface area contributed by atoms with E-state index in [2.05, 4.69) is 0 Å². The zero-order valence-electron chi connectivity index (χ0n) is 9.43. The minimum atomic E-state index is -1.77. The number of hydrogen-bond donors (Lipinski definition) is 1. The van der Waals surface area contributed by atoms with Crippen molar-refractivity contribution in [2.45, 2.75) is 25.9 Å². The topological polar surface area (TPSA) is 26.0 Å². The van der Waals surface area contributed by atoms with Gasteiger partial charge in [0.15, 0.2) is 0 Å². The summed E-state index contributed by atoms with van der Waals surface area (Å²) in [6.45, 7) is 3.04. The Morgan fingerprint density at radius 2 is 1.75 bits per heavy atom. The average molecular weight is 231 g/mol. The fraction of sp³-hybridized carbons (Fsp3) is 0.500. The van der Waals surface area contributed by atoms with Gasteiger partial charge in [0.25, 0.3) is 0 Å². The lowest BCUT2D eigenvalue weighted by Crippen LogP contribution is -2.41. The molecule has 0 saturated carbocycles. The number of benzene rings is 1. The van der Waals surface area contributed by atoms with E-state index in [-0.39, 0.29) is 18.5 Å². The van der Waals surface area contributed by atoms with Gasteiger partial charge in [-0.25, -0.2) is 13.2 Å². The van der Waals surface area contributed by atoms with Crippen LogP contribution in [0.2, 0.25) is 0 Å². The van der Waals surface area contributed by atoms with Gasteiger partial charge in [0.05, 0.1) is 0 Å². The fourth-order valence-electron chi connectivity index (χ4n) is 1.51. The molecule has 0 aliphatic heterocycles. The molecule has 1 aromatic rings. The standard InChI is InChI=1S/C12H16F3N/c1-8(2)12(15,7-16)6-9-10(13)4-3-5-11(9)14/h3-5,8H,6-7,16H2,1-2H3. The molecule has 1 rings (SSSR count). The van der Waals surface area contributed by atoms with Crippen molar-refractivity contribution in [3.8, 4) is 0 Å². The van der Waals surface area contributed by atoms with Crippen LogP contribution < -0.4 is 5.73 Å². The van der Waals surface area contributed by atoms with E-state index in [0.717, 1.165) is 12.1 Å². The highest BCUT2D eigenvalue weighted by Crippen LogP contribution is 2.28. The van der Waals surface area contributed by atoms with Crippen molar-refractivity contribution in [1.29, 1.82) is 0 Å². The van der Waals surface area contributed by atoms with Crippen LogP contribution in [-0.2, 0) is 6.42 Å². The van der Waals surface area contributed by atoms with Gasteiger partial charge in [-0.05, 0) is 18.1 Å². The quantitative estimate of drug-likeness (QED) is 0.847. The van der Waals surface area contributed by atoms with Gasteiger partial charge < -0.3 is 5.73 Å². The molecular formula is C12H16F3N. The second-order valence-corrected chi connectivity index (χ2v) is 4.27. The van der Waals surface area contributed by atoms with Crippen molar-refractivity contribution >= 4 is 0 Å². The van der Waals surface area contributed by atoms with Crippen molar-refractivity contribution in [3.63, 3.8) is 0 Å². The molecule has 0 saturated heterocycles. The number of rotatable bonds is 4. The Labute approximate surface area is 93.5 Å². The first-order chi connectivity index (χ1) is 7.40. The van der Waals surface area contributed by atoms with Crippen LogP contribution in [0.1, 0.15) is 19.4 Å². The van der Waals surface area contributed by atoms with E-state index in [1.165, 1.54) is 6.07 Å². The summed E-state index contributed by atoms with van der Waals surface area (Å²) in [7, 11) is 0. The smallest absolute Gasteiger partial charge is 0.129 e. The molecule has 0 amide bonds. The Bertz CT molecular complexity index is 345. The van der Waals surface area contributed by atoms with E-state index in [9.17, 15) is 13.2 Å². The van der Waals surface area contributed by atoms with Gasteiger partial charge in [0.1, 0.15) is 17.3 Å². The number of hydrogen-bond acceptors (Lipinski definition) is 1. The average Bonchev–Trinajstić information content (AvgIpc) is 2.23. The number of halogens is 3. The maximum atomic E-state index is 14.2. The Kier molecular flexibility index (Phi) is 3.97. The van der Waals surface area contributed by atoms with E-state index in [1.807, 2.05) is 0 Å². The predicted octanol–water partition coefficient (Wildman–Crippen LogP) is 2.83. The molecule has 0 radical (unpaired) electrons. The SMILES string of the molecule is CC(C)C(F)(CN)Cc1c(F)cccc1F. The van der Waals surface area contributed by atoms with Gasteiger partial charge in [-0.3, -0.25) is 0 Å². The molecule has 90 valence electrons. The van der Waals surface area contributed by atoms with Gasteiger partial charge in [-0.1, -0.05) is 19.9 Å². The molecule has 4 heteroatoms. The molecule has 0 spiro atoms. The van der Waals surface area contributed by atoms with Crippen LogP contribution in [0, 0.1) is 17.6 Å². The lowest BCUT2D eigenvalue weighted by molar-refractivity contribution is 0.108. The van der Waals surface area contributed by atoms with Crippen LogP contribution in [0.15, 0.2) is 18.2 Å². The summed E-state index contributed by atoms with van der Waals surface area (Å²) in [4.78, 5) is 0. The molecule has 0 aliphatic rings. The van der Waals surface area contributed by atoms with E-state index < -0.39 is 23.2 Å². The van der Waals surface area contributed by atoms with Gasteiger partial charge >= 0.3 is 0 Å². The van der Waals surface area contributed by atoms with E-state index in [1.54, 1.807) is 13.8 Å². The van der Waals surface area contributed by atoms with Crippen LogP contribution in [-0.4, -0.2) is 12.2 Å². The maximum Gasteiger partial charge on any atom is 0.129 e. The van der Waals surface area contributed by atoms with Gasteiger partial charge in [-0.2, -0.15) is 0 Å². The van der Waals surface area contributed by atoms with Gasteiger partial charge in [0.2, 0.25) is 0 Å². The lowest BCUT2D eigenvalue weighted by Gasteiger charge is -2.28. The Hall–Kier alpha value is -1.03. The van der Waals surface area contributed by atoms with Crippen molar-refractivity contribution in [3.05, 3.63) is 35.4 Å². The van der Waals surface area contributed by atoms with Gasteiger partial charge in [-0.15, -0.1) is 0 Å².